The number of nitrogens with one attached hydrogen (secondary N) is 1. The van der Waals surface area contributed by atoms with E-state index in [0.717, 1.165) is 17.0 Å². The molecule has 0 saturated carbocycles. The third-order valence-electron chi connectivity index (χ3n) is 4.52. The van der Waals surface area contributed by atoms with Crippen molar-refractivity contribution in [3.63, 3.8) is 0 Å². The minimum atomic E-state index is -0.340. The van der Waals surface area contributed by atoms with Crippen LogP contribution < -0.4 is 10.1 Å². The molecule has 1 aromatic heterocycles. The summed E-state index contributed by atoms with van der Waals surface area (Å²) >= 11 is 1.33. The first kappa shape index (κ1) is 20.9. The molecule has 0 unspecified atom stereocenters. The molecule has 8 heteroatoms. The highest BCUT2D eigenvalue weighted by atomic mass is 32.2. The Morgan fingerprint density at radius 1 is 1.10 bits per heavy atom. The summed E-state index contributed by atoms with van der Waals surface area (Å²) in [5.74, 6) is 1.17. The van der Waals surface area contributed by atoms with Gasteiger partial charge in [0.05, 0.1) is 18.0 Å². The predicted molar refractivity (Wildman–Crippen MR) is 113 cm³/mol. The van der Waals surface area contributed by atoms with Crippen LogP contribution in [-0.4, -0.2) is 38.5 Å². The maximum Gasteiger partial charge on any atom is 0.233 e. The fourth-order valence-corrected chi connectivity index (χ4v) is 3.53. The van der Waals surface area contributed by atoms with E-state index in [0.29, 0.717) is 17.6 Å². The molecule has 0 spiro atoms. The number of hydrogen-bond acceptors (Lipinski definition) is 6. The van der Waals surface area contributed by atoms with Crippen molar-refractivity contribution in [2.75, 3.05) is 7.11 Å². The highest BCUT2D eigenvalue weighted by Gasteiger charge is 2.19. The van der Waals surface area contributed by atoms with Crippen LogP contribution in [-0.2, 0) is 11.3 Å². The monoisotopic (exact) mass is 411 g/mol. The van der Waals surface area contributed by atoms with E-state index in [1.165, 1.54) is 17.3 Å². The molecule has 0 radical (unpaired) electrons. The second kappa shape index (κ2) is 9.56. The van der Waals surface area contributed by atoms with Gasteiger partial charge in [0.2, 0.25) is 11.1 Å². The Morgan fingerprint density at radius 2 is 1.79 bits per heavy atom. The lowest BCUT2D eigenvalue weighted by Gasteiger charge is -2.12. The summed E-state index contributed by atoms with van der Waals surface area (Å²) in [6.07, 6.45) is 0. The van der Waals surface area contributed by atoms with Crippen molar-refractivity contribution in [3.8, 4) is 11.4 Å². The van der Waals surface area contributed by atoms with Gasteiger partial charge in [-0.25, -0.2) is 0 Å². The molecule has 3 rings (SSSR count). The Hall–Kier alpha value is -2.87. The van der Waals surface area contributed by atoms with E-state index in [2.05, 4.69) is 46.8 Å². The Labute approximate surface area is 174 Å². The van der Waals surface area contributed by atoms with Gasteiger partial charge in [-0.1, -0.05) is 49.9 Å². The number of ether oxygens (including phenoxy) is 1. The van der Waals surface area contributed by atoms with Gasteiger partial charge in [-0.15, -0.1) is 5.10 Å². The molecular weight excluding hydrogens is 386 g/mol. The number of methoxy groups -OCH3 is 1. The van der Waals surface area contributed by atoms with E-state index in [1.807, 2.05) is 43.3 Å². The van der Waals surface area contributed by atoms with Crippen LogP contribution >= 0.6 is 11.8 Å². The van der Waals surface area contributed by atoms with Gasteiger partial charge >= 0.3 is 0 Å². The summed E-state index contributed by atoms with van der Waals surface area (Å²) in [4.78, 5) is 12.5. The van der Waals surface area contributed by atoms with Crippen molar-refractivity contribution < 1.29 is 9.53 Å². The second-order valence-electron chi connectivity index (χ2n) is 6.95. The molecule has 7 nitrogen and oxygen atoms in total. The Kier molecular flexibility index (Phi) is 6.87. The molecule has 0 bridgehead atoms. The van der Waals surface area contributed by atoms with Crippen molar-refractivity contribution in [2.45, 2.75) is 43.6 Å². The first-order valence-corrected chi connectivity index (χ1v) is 10.3. The number of tetrazole rings is 1. The largest absolute Gasteiger partial charge is 0.497 e. The zero-order valence-electron chi connectivity index (χ0n) is 17.0. The molecular formula is C21H25N5O2S. The van der Waals surface area contributed by atoms with Crippen molar-refractivity contribution in [1.82, 2.24) is 25.5 Å². The lowest BCUT2D eigenvalue weighted by Crippen LogP contribution is -2.30. The van der Waals surface area contributed by atoms with Crippen molar-refractivity contribution in [1.29, 1.82) is 0 Å². The van der Waals surface area contributed by atoms with Gasteiger partial charge in [-0.3, -0.25) is 4.79 Å². The minimum Gasteiger partial charge on any atom is -0.497 e. The highest BCUT2D eigenvalue weighted by molar-refractivity contribution is 8.00. The minimum absolute atomic E-state index is 0.0736. The van der Waals surface area contributed by atoms with E-state index in [9.17, 15) is 4.79 Å². The fourth-order valence-electron chi connectivity index (χ4n) is 2.70. The first-order valence-electron chi connectivity index (χ1n) is 9.44. The molecule has 1 heterocycles. The normalized spacial score (nSPS) is 12.0. The molecule has 0 aliphatic carbocycles. The van der Waals surface area contributed by atoms with Gasteiger partial charge in [0.25, 0.3) is 0 Å². The number of benzene rings is 2. The van der Waals surface area contributed by atoms with E-state index in [1.54, 1.807) is 11.8 Å². The van der Waals surface area contributed by atoms with Gasteiger partial charge in [0.15, 0.2) is 0 Å². The number of hydrogen-bond donors (Lipinski definition) is 1. The zero-order valence-corrected chi connectivity index (χ0v) is 17.8. The van der Waals surface area contributed by atoms with Crippen molar-refractivity contribution >= 4 is 17.7 Å². The summed E-state index contributed by atoms with van der Waals surface area (Å²) in [6, 6.07) is 15.7. The summed E-state index contributed by atoms with van der Waals surface area (Å²) in [5.41, 5.74) is 3.13. The summed E-state index contributed by atoms with van der Waals surface area (Å²) in [7, 11) is 1.63. The van der Waals surface area contributed by atoms with Crippen molar-refractivity contribution in [2.24, 2.45) is 0 Å². The fraction of sp³-hybridized carbons (Fsp3) is 0.333. The van der Waals surface area contributed by atoms with E-state index >= 15 is 0 Å². The van der Waals surface area contributed by atoms with Crippen LogP contribution in [0.4, 0.5) is 0 Å². The lowest BCUT2D eigenvalue weighted by molar-refractivity contribution is -0.120. The maximum atomic E-state index is 12.5. The molecule has 0 aliphatic rings. The number of nitrogens with zero attached hydrogens (tertiary/aromatic N) is 4. The Balaban J connectivity index is 1.61. The average Bonchev–Trinajstić information content (AvgIpc) is 3.20. The Bertz CT molecular complexity index is 938. The smallest absolute Gasteiger partial charge is 0.233 e. The molecule has 29 heavy (non-hydrogen) atoms. The van der Waals surface area contributed by atoms with Gasteiger partial charge in [-0.05, 0) is 58.7 Å². The van der Waals surface area contributed by atoms with E-state index in [-0.39, 0.29) is 11.2 Å². The SMILES string of the molecule is COc1ccc(CNC(=O)[C@H](C)Sc2nnnn2-c2ccc(C(C)C)cc2)cc1. The summed E-state index contributed by atoms with van der Waals surface area (Å²) in [5, 5.41) is 15.1. The molecule has 0 aliphatic heterocycles. The lowest BCUT2D eigenvalue weighted by atomic mass is 10.0. The van der Waals surface area contributed by atoms with Crippen LogP contribution in [0.1, 0.15) is 37.8 Å². The predicted octanol–water partition coefficient (Wildman–Crippen LogP) is 3.59. The number of carbonyl (C=O) groups is 1. The quantitative estimate of drug-likeness (QED) is 0.571. The average molecular weight is 412 g/mol. The van der Waals surface area contributed by atoms with Gasteiger partial charge in [0.1, 0.15) is 5.75 Å². The Morgan fingerprint density at radius 3 is 2.41 bits per heavy atom. The summed E-state index contributed by atoms with van der Waals surface area (Å²) in [6.45, 7) is 6.60. The molecule has 3 aromatic rings. The number of aromatic nitrogens is 4. The standard InChI is InChI=1S/C21H25N5O2S/c1-14(2)17-7-9-18(10-8-17)26-21(23-24-25-26)29-15(3)20(27)22-13-16-5-11-19(28-4)12-6-16/h5-12,14-15H,13H2,1-4H3,(H,22,27)/t15-/m0/s1. The van der Waals surface area contributed by atoms with E-state index in [4.69, 9.17) is 4.74 Å². The molecule has 1 atom stereocenters. The molecule has 0 fully saturated rings. The zero-order chi connectivity index (χ0) is 20.8. The third-order valence-corrected chi connectivity index (χ3v) is 5.56. The van der Waals surface area contributed by atoms with E-state index < -0.39 is 0 Å². The van der Waals surface area contributed by atoms with Crippen LogP contribution in [0.2, 0.25) is 0 Å². The van der Waals surface area contributed by atoms with Crippen LogP contribution in [0.15, 0.2) is 53.7 Å². The van der Waals surface area contributed by atoms with Gasteiger partial charge in [0, 0.05) is 6.54 Å². The van der Waals surface area contributed by atoms with Gasteiger partial charge < -0.3 is 10.1 Å². The number of amides is 1. The molecule has 0 saturated heterocycles. The van der Waals surface area contributed by atoms with Gasteiger partial charge in [-0.2, -0.15) is 4.68 Å². The number of thioether (sulfide) groups is 1. The van der Waals surface area contributed by atoms with Crippen LogP contribution in [0.5, 0.6) is 5.75 Å². The number of carbonyl (C=O) groups excluding carboxylic acids is 1. The first-order chi connectivity index (χ1) is 14.0. The summed E-state index contributed by atoms with van der Waals surface area (Å²) < 4.78 is 6.80. The number of rotatable bonds is 8. The topological polar surface area (TPSA) is 81.9 Å². The third kappa shape index (κ3) is 5.35. The molecule has 1 amide bonds. The van der Waals surface area contributed by atoms with Crippen molar-refractivity contribution in [3.05, 3.63) is 59.7 Å². The van der Waals surface area contributed by atoms with Crippen LogP contribution in [0.25, 0.3) is 5.69 Å². The molecule has 2 aromatic carbocycles. The van der Waals surface area contributed by atoms with Crippen LogP contribution in [0, 0.1) is 0 Å². The van der Waals surface area contributed by atoms with Crippen LogP contribution in [0.3, 0.4) is 0 Å². The highest BCUT2D eigenvalue weighted by Crippen LogP contribution is 2.24. The second-order valence-corrected chi connectivity index (χ2v) is 8.25. The molecule has 1 N–H and O–H groups in total. The maximum absolute atomic E-state index is 12.5. The molecule has 152 valence electrons.